The van der Waals surface area contributed by atoms with Crippen molar-refractivity contribution in [2.24, 2.45) is 4.99 Å². The molecule has 0 saturated carbocycles. The lowest BCUT2D eigenvalue weighted by molar-refractivity contribution is 0.169. The molecule has 0 aliphatic carbocycles. The first-order valence-corrected chi connectivity index (χ1v) is 9.53. The molecule has 0 atom stereocenters. The fourth-order valence-electron chi connectivity index (χ4n) is 2.92. The van der Waals surface area contributed by atoms with Crippen LogP contribution >= 0.6 is 11.3 Å². The quantitative estimate of drug-likeness (QED) is 0.647. The van der Waals surface area contributed by atoms with Gasteiger partial charge in [-0.25, -0.2) is 4.98 Å². The Morgan fingerprint density at radius 1 is 1.36 bits per heavy atom. The van der Waals surface area contributed by atoms with Crippen LogP contribution in [0.1, 0.15) is 28.3 Å². The predicted octanol–water partition coefficient (Wildman–Crippen LogP) is 1.90. The molecule has 8 heteroatoms. The molecule has 25 heavy (non-hydrogen) atoms. The van der Waals surface area contributed by atoms with Gasteiger partial charge in [0.2, 0.25) is 0 Å². The van der Waals surface area contributed by atoms with Crippen LogP contribution in [-0.4, -0.2) is 59.1 Å². The van der Waals surface area contributed by atoms with Crippen LogP contribution in [0.4, 0.5) is 0 Å². The van der Waals surface area contributed by atoms with Crippen molar-refractivity contribution in [2.45, 2.75) is 33.4 Å². The van der Waals surface area contributed by atoms with Gasteiger partial charge in [0.25, 0.3) is 0 Å². The van der Waals surface area contributed by atoms with Crippen LogP contribution in [0.3, 0.4) is 0 Å². The van der Waals surface area contributed by atoms with E-state index in [0.717, 1.165) is 68.1 Å². The average molecular weight is 363 g/mol. The minimum Gasteiger partial charge on any atom is -0.361 e. The Morgan fingerprint density at radius 2 is 2.16 bits per heavy atom. The largest absolute Gasteiger partial charge is 0.361 e. The lowest BCUT2D eigenvalue weighted by Crippen LogP contribution is -2.52. The Hall–Kier alpha value is -1.93. The van der Waals surface area contributed by atoms with Crippen molar-refractivity contribution < 1.29 is 4.52 Å². The number of hydrogen-bond acceptors (Lipinski definition) is 6. The molecule has 0 bridgehead atoms. The smallest absolute Gasteiger partial charge is 0.194 e. The maximum atomic E-state index is 5.15. The Morgan fingerprint density at radius 3 is 2.76 bits per heavy atom. The fourth-order valence-corrected chi connectivity index (χ4v) is 3.72. The van der Waals surface area contributed by atoms with E-state index in [0.29, 0.717) is 0 Å². The van der Waals surface area contributed by atoms with Crippen molar-refractivity contribution in [2.75, 3.05) is 33.2 Å². The van der Waals surface area contributed by atoms with Crippen molar-refractivity contribution in [3.05, 3.63) is 33.6 Å². The molecule has 1 aliphatic rings. The zero-order chi connectivity index (χ0) is 17.6. The lowest BCUT2D eigenvalue weighted by Gasteiger charge is -2.36. The van der Waals surface area contributed by atoms with Gasteiger partial charge in [-0.1, -0.05) is 12.1 Å². The van der Waals surface area contributed by atoms with E-state index >= 15 is 0 Å². The van der Waals surface area contributed by atoms with Gasteiger partial charge in [0, 0.05) is 56.9 Å². The molecule has 3 heterocycles. The number of guanidine groups is 1. The molecule has 2 aromatic rings. The predicted molar refractivity (Wildman–Crippen MR) is 99.8 cm³/mol. The Balaban J connectivity index is 1.46. The molecule has 1 fully saturated rings. The van der Waals surface area contributed by atoms with E-state index in [9.17, 15) is 0 Å². The summed E-state index contributed by atoms with van der Waals surface area (Å²) in [6.45, 7) is 9.54. The molecule has 1 aliphatic heterocycles. The van der Waals surface area contributed by atoms with E-state index in [1.807, 2.05) is 26.2 Å². The average Bonchev–Trinajstić information content (AvgIpc) is 3.25. The highest BCUT2D eigenvalue weighted by Crippen LogP contribution is 2.13. The maximum Gasteiger partial charge on any atom is 0.194 e. The molecule has 0 aromatic carbocycles. The second-order valence-electron chi connectivity index (χ2n) is 6.17. The van der Waals surface area contributed by atoms with Gasteiger partial charge in [-0.05, 0) is 13.3 Å². The van der Waals surface area contributed by atoms with E-state index in [1.54, 1.807) is 11.3 Å². The number of nitrogens with zero attached hydrogens (tertiary/aromatic N) is 5. The molecule has 3 rings (SSSR count). The molecule has 0 radical (unpaired) electrons. The van der Waals surface area contributed by atoms with Crippen LogP contribution in [0.15, 0.2) is 21.8 Å². The lowest BCUT2D eigenvalue weighted by atomic mass is 10.3. The molecular formula is C17H26N6OS. The monoisotopic (exact) mass is 362 g/mol. The summed E-state index contributed by atoms with van der Waals surface area (Å²) >= 11 is 1.76. The Labute approximate surface area is 152 Å². The second-order valence-corrected chi connectivity index (χ2v) is 7.37. The number of hydrogen-bond donors (Lipinski definition) is 1. The van der Waals surface area contributed by atoms with Crippen LogP contribution < -0.4 is 5.32 Å². The number of thiazole rings is 1. The fraction of sp³-hybridized carbons (Fsp3) is 0.588. The van der Waals surface area contributed by atoms with E-state index in [4.69, 9.17) is 4.52 Å². The van der Waals surface area contributed by atoms with Crippen LogP contribution in [0.5, 0.6) is 0 Å². The van der Waals surface area contributed by atoms with Gasteiger partial charge < -0.3 is 14.7 Å². The zero-order valence-corrected chi connectivity index (χ0v) is 16.0. The molecule has 0 spiro atoms. The van der Waals surface area contributed by atoms with Crippen molar-refractivity contribution in [3.8, 4) is 0 Å². The Kier molecular flexibility index (Phi) is 6.04. The molecular weight excluding hydrogens is 336 g/mol. The first kappa shape index (κ1) is 17.9. The third-order valence-corrected chi connectivity index (χ3v) is 5.44. The van der Waals surface area contributed by atoms with Crippen molar-refractivity contribution in [1.82, 2.24) is 25.3 Å². The maximum absolute atomic E-state index is 5.15. The van der Waals surface area contributed by atoms with Gasteiger partial charge in [0.15, 0.2) is 5.96 Å². The highest BCUT2D eigenvalue weighted by atomic mass is 32.1. The van der Waals surface area contributed by atoms with Gasteiger partial charge in [0.05, 0.1) is 12.2 Å². The van der Waals surface area contributed by atoms with E-state index < -0.39 is 0 Å². The summed E-state index contributed by atoms with van der Waals surface area (Å²) in [7, 11) is 1.84. The summed E-state index contributed by atoms with van der Waals surface area (Å²) in [5.74, 6) is 1.82. The molecule has 0 amide bonds. The number of aliphatic imine (C=N–C) groups is 1. The molecule has 1 saturated heterocycles. The standard InChI is InChI=1S/C17H26N6OS/c1-4-15-10-19-16(25-15)11-20-17(18-3)23-7-5-22(6-8-23)12-14-9-13(2)24-21-14/h9-10H,4-8,11-12H2,1-3H3,(H,18,20). The summed E-state index contributed by atoms with van der Waals surface area (Å²) in [6, 6.07) is 2.01. The minimum atomic E-state index is 0.732. The van der Waals surface area contributed by atoms with E-state index in [-0.39, 0.29) is 0 Å². The van der Waals surface area contributed by atoms with Gasteiger partial charge in [-0.3, -0.25) is 9.89 Å². The van der Waals surface area contributed by atoms with Gasteiger partial charge in [0.1, 0.15) is 10.8 Å². The summed E-state index contributed by atoms with van der Waals surface area (Å²) in [5.41, 5.74) is 1.00. The van der Waals surface area contributed by atoms with Gasteiger partial charge in [-0.15, -0.1) is 11.3 Å². The first-order valence-electron chi connectivity index (χ1n) is 8.71. The van der Waals surface area contributed by atoms with Crippen molar-refractivity contribution in [1.29, 1.82) is 0 Å². The third-order valence-electron chi connectivity index (χ3n) is 4.29. The summed E-state index contributed by atoms with van der Waals surface area (Å²) in [5, 5.41) is 8.63. The Bertz CT molecular complexity index is 702. The highest BCUT2D eigenvalue weighted by molar-refractivity contribution is 7.11. The van der Waals surface area contributed by atoms with Crippen LogP contribution in [-0.2, 0) is 19.5 Å². The minimum absolute atomic E-state index is 0.732. The molecule has 2 aromatic heterocycles. The number of piperazine rings is 1. The van der Waals surface area contributed by atoms with E-state index in [1.165, 1.54) is 4.88 Å². The van der Waals surface area contributed by atoms with Crippen LogP contribution in [0.2, 0.25) is 0 Å². The first-order chi connectivity index (χ1) is 12.2. The topological polar surface area (TPSA) is 69.8 Å². The van der Waals surface area contributed by atoms with Gasteiger partial charge >= 0.3 is 0 Å². The normalized spacial score (nSPS) is 16.4. The number of aryl methyl sites for hydroxylation is 2. The molecule has 1 N–H and O–H groups in total. The SMILES string of the molecule is CCc1cnc(CNC(=NC)N2CCN(Cc3cc(C)on3)CC2)s1. The zero-order valence-electron chi connectivity index (χ0n) is 15.2. The van der Waals surface area contributed by atoms with Crippen LogP contribution in [0, 0.1) is 6.92 Å². The summed E-state index contributed by atoms with van der Waals surface area (Å²) < 4.78 is 5.15. The third kappa shape index (κ3) is 4.79. The van der Waals surface area contributed by atoms with Crippen molar-refractivity contribution >= 4 is 17.3 Å². The van der Waals surface area contributed by atoms with Crippen molar-refractivity contribution in [3.63, 3.8) is 0 Å². The number of nitrogens with one attached hydrogen (secondary N) is 1. The van der Waals surface area contributed by atoms with Gasteiger partial charge in [-0.2, -0.15) is 0 Å². The summed E-state index contributed by atoms with van der Waals surface area (Å²) in [6.07, 6.45) is 3.01. The van der Waals surface area contributed by atoms with Crippen LogP contribution in [0.25, 0.3) is 0 Å². The molecule has 136 valence electrons. The summed E-state index contributed by atoms with van der Waals surface area (Å²) in [4.78, 5) is 14.9. The molecule has 7 nitrogen and oxygen atoms in total. The second kappa shape index (κ2) is 8.44. The molecule has 0 unspecified atom stereocenters. The number of rotatable bonds is 5. The van der Waals surface area contributed by atoms with E-state index in [2.05, 4.69) is 37.2 Å². The highest BCUT2D eigenvalue weighted by Gasteiger charge is 2.20. The number of aromatic nitrogens is 2.